The number of ketones is 1. The Morgan fingerprint density at radius 1 is 0.962 bits per heavy atom. The van der Waals surface area contributed by atoms with Gasteiger partial charge in [-0.25, -0.2) is 0 Å². The predicted octanol–water partition coefficient (Wildman–Crippen LogP) is 4.78. The maximum absolute atomic E-state index is 13.0. The number of nitrogens with zero attached hydrogens (tertiary/aromatic N) is 1. The van der Waals surface area contributed by atoms with E-state index in [1.165, 1.54) is 18.3 Å². The van der Waals surface area contributed by atoms with Gasteiger partial charge in [0.25, 0.3) is 0 Å². The molecule has 0 aliphatic heterocycles. The van der Waals surface area contributed by atoms with E-state index < -0.39 is 17.5 Å². The summed E-state index contributed by atoms with van der Waals surface area (Å²) in [4.78, 5) is 14.5. The van der Waals surface area contributed by atoms with Crippen molar-refractivity contribution in [3.8, 4) is 0 Å². The third kappa shape index (κ3) is 4.53. The number of benzene rings is 2. The molecule has 2 aromatic carbocycles. The van der Waals surface area contributed by atoms with E-state index in [2.05, 4.69) is 0 Å². The molecule has 0 amide bonds. The third-order valence-electron chi connectivity index (χ3n) is 3.59. The lowest BCUT2D eigenvalue weighted by atomic mass is 9.93. The maximum Gasteiger partial charge on any atom is 0.416 e. The van der Waals surface area contributed by atoms with E-state index in [9.17, 15) is 23.1 Å². The minimum Gasteiger partial charge on any atom is -0.515 e. The third-order valence-corrected chi connectivity index (χ3v) is 3.59. The molecule has 3 nitrogen and oxygen atoms in total. The first-order valence-corrected chi connectivity index (χ1v) is 7.74. The molecule has 136 valence electrons. The van der Waals surface area contributed by atoms with E-state index in [1.54, 1.807) is 49.3 Å². The van der Waals surface area contributed by atoms with Gasteiger partial charge in [-0.2, -0.15) is 13.2 Å². The Bertz CT molecular complexity index is 838. The predicted molar refractivity (Wildman–Crippen MR) is 95.2 cm³/mol. The van der Waals surface area contributed by atoms with Crippen LogP contribution in [0.2, 0.25) is 0 Å². The van der Waals surface area contributed by atoms with Crippen LogP contribution in [0.4, 0.5) is 13.2 Å². The second kappa shape index (κ2) is 7.91. The van der Waals surface area contributed by atoms with Crippen LogP contribution >= 0.6 is 0 Å². The fourth-order valence-corrected chi connectivity index (χ4v) is 2.41. The second-order valence-electron chi connectivity index (χ2n) is 5.82. The van der Waals surface area contributed by atoms with E-state index in [0.29, 0.717) is 11.8 Å². The number of hydrogen-bond donors (Lipinski definition) is 1. The molecule has 0 aliphatic carbocycles. The summed E-state index contributed by atoms with van der Waals surface area (Å²) in [6, 6.07) is 13.0. The number of hydrogen-bond acceptors (Lipinski definition) is 3. The summed E-state index contributed by atoms with van der Waals surface area (Å²) >= 11 is 0. The first-order valence-electron chi connectivity index (χ1n) is 7.74. The van der Waals surface area contributed by atoms with Gasteiger partial charge in [-0.3, -0.25) is 4.79 Å². The smallest absolute Gasteiger partial charge is 0.416 e. The Kier molecular flexibility index (Phi) is 5.87. The molecule has 2 rings (SSSR count). The molecule has 1 N–H and O–H groups in total. The highest BCUT2D eigenvalue weighted by atomic mass is 19.4. The molecule has 6 heteroatoms. The van der Waals surface area contributed by atoms with Crippen LogP contribution in [0.1, 0.15) is 16.7 Å². The number of allylic oxidation sites excluding steroid dienone is 2. The number of rotatable bonds is 5. The van der Waals surface area contributed by atoms with Gasteiger partial charge in [0.15, 0.2) is 5.78 Å². The Morgan fingerprint density at radius 2 is 1.58 bits per heavy atom. The highest BCUT2D eigenvalue weighted by Gasteiger charge is 2.31. The van der Waals surface area contributed by atoms with Gasteiger partial charge >= 0.3 is 6.18 Å². The second-order valence-corrected chi connectivity index (χ2v) is 5.82. The van der Waals surface area contributed by atoms with Crippen molar-refractivity contribution in [1.29, 1.82) is 0 Å². The molecular formula is C20H18F3NO2. The number of carbonyl (C=O) groups excluding carboxylic acids is 1. The number of halogens is 3. The van der Waals surface area contributed by atoms with Crippen molar-refractivity contribution in [3.63, 3.8) is 0 Å². The first kappa shape index (κ1) is 19.3. The van der Waals surface area contributed by atoms with Crippen molar-refractivity contribution in [2.45, 2.75) is 6.18 Å². The Labute approximate surface area is 149 Å². The molecule has 0 bridgehead atoms. The van der Waals surface area contributed by atoms with Crippen LogP contribution in [0, 0.1) is 0 Å². The van der Waals surface area contributed by atoms with Gasteiger partial charge in [0.05, 0.1) is 17.4 Å². The summed E-state index contributed by atoms with van der Waals surface area (Å²) < 4.78 is 39.1. The fraction of sp³-hybridized carbons (Fsp3) is 0.150. The van der Waals surface area contributed by atoms with Gasteiger partial charge in [0.2, 0.25) is 0 Å². The van der Waals surface area contributed by atoms with E-state index in [-0.39, 0.29) is 16.7 Å². The monoisotopic (exact) mass is 361 g/mol. The van der Waals surface area contributed by atoms with Crippen molar-refractivity contribution in [2.24, 2.45) is 0 Å². The van der Waals surface area contributed by atoms with Gasteiger partial charge in [0, 0.05) is 25.9 Å². The number of alkyl halides is 3. The van der Waals surface area contributed by atoms with E-state index in [1.807, 2.05) is 0 Å². The lowest BCUT2D eigenvalue weighted by Crippen LogP contribution is -2.12. The van der Waals surface area contributed by atoms with Gasteiger partial charge in [-0.15, -0.1) is 0 Å². The van der Waals surface area contributed by atoms with Crippen molar-refractivity contribution < 1.29 is 23.1 Å². The minimum atomic E-state index is -4.52. The number of carbonyl (C=O) groups is 1. The SMILES string of the molecule is CN(C)C=C(C(=O)C(=CO)c1ccccc1)c1cccc(C(F)(F)F)c1. The number of Topliss-reactive ketones (excluding diaryl/α,β-unsaturated/α-hetero) is 1. The minimum absolute atomic E-state index is 0.00360. The van der Waals surface area contributed by atoms with E-state index >= 15 is 0 Å². The van der Waals surface area contributed by atoms with Crippen LogP contribution in [0.25, 0.3) is 11.1 Å². The fourth-order valence-electron chi connectivity index (χ4n) is 2.41. The van der Waals surface area contributed by atoms with Gasteiger partial charge in [0.1, 0.15) is 0 Å². The Balaban J connectivity index is 2.54. The normalized spacial score (nSPS) is 12.8. The lowest BCUT2D eigenvalue weighted by Gasteiger charge is -2.15. The topological polar surface area (TPSA) is 40.5 Å². The zero-order valence-corrected chi connectivity index (χ0v) is 14.3. The average molecular weight is 361 g/mol. The maximum atomic E-state index is 13.0. The zero-order valence-electron chi connectivity index (χ0n) is 14.3. The molecular weight excluding hydrogens is 343 g/mol. The average Bonchev–Trinajstić information content (AvgIpc) is 2.60. The Morgan fingerprint density at radius 3 is 2.12 bits per heavy atom. The first-order chi connectivity index (χ1) is 12.2. The molecule has 0 aliphatic rings. The molecule has 0 aromatic heterocycles. The quantitative estimate of drug-likeness (QED) is 0.616. The molecule has 0 heterocycles. The molecule has 0 radical (unpaired) electrons. The molecule has 0 saturated heterocycles. The summed E-state index contributed by atoms with van der Waals surface area (Å²) in [6.07, 6.45) is -2.41. The van der Waals surface area contributed by atoms with Crippen LogP contribution in [0.3, 0.4) is 0 Å². The number of aliphatic hydroxyl groups excluding tert-OH is 1. The van der Waals surface area contributed by atoms with Crippen molar-refractivity contribution >= 4 is 16.9 Å². The molecule has 2 aromatic rings. The summed E-state index contributed by atoms with van der Waals surface area (Å²) in [7, 11) is 3.32. The zero-order chi connectivity index (χ0) is 19.3. The molecule has 0 spiro atoms. The summed E-state index contributed by atoms with van der Waals surface area (Å²) in [5, 5.41) is 9.56. The highest BCUT2D eigenvalue weighted by molar-refractivity contribution is 6.42. The highest BCUT2D eigenvalue weighted by Crippen LogP contribution is 2.32. The molecule has 0 fully saturated rings. The molecule has 0 unspecified atom stereocenters. The van der Waals surface area contributed by atoms with Crippen LogP contribution in [-0.2, 0) is 11.0 Å². The van der Waals surface area contributed by atoms with Gasteiger partial charge < -0.3 is 10.0 Å². The van der Waals surface area contributed by atoms with Crippen LogP contribution < -0.4 is 0 Å². The van der Waals surface area contributed by atoms with Crippen molar-refractivity contribution in [3.05, 3.63) is 83.7 Å². The van der Waals surface area contributed by atoms with Gasteiger partial charge in [-0.1, -0.05) is 42.5 Å². The van der Waals surface area contributed by atoms with Crippen LogP contribution in [0.5, 0.6) is 0 Å². The van der Waals surface area contributed by atoms with Crippen molar-refractivity contribution in [1.82, 2.24) is 4.90 Å². The van der Waals surface area contributed by atoms with E-state index in [4.69, 9.17) is 0 Å². The summed E-state index contributed by atoms with van der Waals surface area (Å²) in [5.74, 6) is -0.577. The largest absolute Gasteiger partial charge is 0.515 e. The number of aliphatic hydroxyl groups is 1. The van der Waals surface area contributed by atoms with Crippen LogP contribution in [-0.4, -0.2) is 29.9 Å². The van der Waals surface area contributed by atoms with Gasteiger partial charge in [-0.05, 0) is 23.3 Å². The summed E-state index contributed by atoms with van der Waals surface area (Å²) in [6.45, 7) is 0. The molecule has 0 atom stereocenters. The van der Waals surface area contributed by atoms with Crippen LogP contribution in [0.15, 0.2) is 67.1 Å². The standard InChI is InChI=1S/C20H18F3NO2/c1-24(2)12-17(15-9-6-10-16(11-15)20(21,22)23)19(26)18(13-25)14-7-4-3-5-8-14/h3-13,25H,1-2H3. The lowest BCUT2D eigenvalue weighted by molar-refractivity contribution is -0.137. The molecule has 0 saturated carbocycles. The van der Waals surface area contributed by atoms with Crippen molar-refractivity contribution in [2.75, 3.05) is 14.1 Å². The Hall–Kier alpha value is -3.02. The molecule has 26 heavy (non-hydrogen) atoms. The summed E-state index contributed by atoms with van der Waals surface area (Å²) in [5.41, 5.74) is -0.214. The van der Waals surface area contributed by atoms with E-state index in [0.717, 1.165) is 12.1 Å².